The van der Waals surface area contributed by atoms with E-state index in [9.17, 15) is 4.57 Å². The predicted octanol–water partition coefficient (Wildman–Crippen LogP) is 4.10. The van der Waals surface area contributed by atoms with Gasteiger partial charge in [-0.15, -0.1) is 0 Å². The van der Waals surface area contributed by atoms with Crippen molar-refractivity contribution in [3.05, 3.63) is 66.7 Å². The Balaban J connectivity index is 2.30. The van der Waals surface area contributed by atoms with E-state index >= 15 is 0 Å². The van der Waals surface area contributed by atoms with E-state index in [2.05, 4.69) is 0 Å². The van der Waals surface area contributed by atoms with Crippen LogP contribution in [0, 0.1) is 0 Å². The number of rotatable bonds is 3. The van der Waals surface area contributed by atoms with Crippen LogP contribution >= 0.6 is 8.46 Å². The molecule has 22 heavy (non-hydrogen) atoms. The molecule has 0 aliphatic heterocycles. The van der Waals surface area contributed by atoms with Crippen molar-refractivity contribution < 1.29 is 4.57 Å². The lowest BCUT2D eigenvalue weighted by molar-refractivity contribution is 0.603. The molecule has 0 aromatic heterocycles. The first-order valence-corrected chi connectivity index (χ1v) is 7.68. The summed E-state index contributed by atoms with van der Waals surface area (Å²) in [6.07, 6.45) is 0. The van der Waals surface area contributed by atoms with E-state index in [0.717, 1.165) is 27.6 Å². The molecule has 0 bridgehead atoms. The molecule has 0 aliphatic rings. The fourth-order valence-corrected chi connectivity index (χ4v) is 3.05. The molecule has 3 aromatic carbocycles. The number of hydrogen-bond donors (Lipinski definition) is 2. The summed E-state index contributed by atoms with van der Waals surface area (Å²) >= 11 is 0. The summed E-state index contributed by atoms with van der Waals surface area (Å²) in [5.41, 5.74) is 17.0. The van der Waals surface area contributed by atoms with E-state index in [4.69, 9.17) is 11.5 Å². The summed E-state index contributed by atoms with van der Waals surface area (Å²) in [5, 5.41) is 0.727. The standard InChI is InChI=1S/C18H15N2OP/c19-14-6-1-4-12(10-14)16-8-3-9-17(22-21)18(16)13-5-2-7-15(20)11-13/h1-11H,19-20H2. The molecule has 4 N–H and O–H groups in total. The van der Waals surface area contributed by atoms with Gasteiger partial charge in [0.05, 0.1) is 5.30 Å². The van der Waals surface area contributed by atoms with Crippen LogP contribution in [0.15, 0.2) is 66.7 Å². The van der Waals surface area contributed by atoms with Gasteiger partial charge in [0.1, 0.15) is 0 Å². The summed E-state index contributed by atoms with van der Waals surface area (Å²) in [6, 6.07) is 21.0. The predicted molar refractivity (Wildman–Crippen MR) is 93.4 cm³/mol. The summed E-state index contributed by atoms with van der Waals surface area (Å²) in [5.74, 6) is 0. The number of hydrogen-bond acceptors (Lipinski definition) is 3. The second-order valence-electron chi connectivity index (χ2n) is 5.04. The maximum atomic E-state index is 11.6. The third-order valence-electron chi connectivity index (χ3n) is 3.51. The van der Waals surface area contributed by atoms with Crippen LogP contribution in [0.5, 0.6) is 0 Å². The van der Waals surface area contributed by atoms with E-state index in [-0.39, 0.29) is 8.46 Å². The van der Waals surface area contributed by atoms with Crippen LogP contribution in [0.2, 0.25) is 0 Å². The molecular weight excluding hydrogens is 291 g/mol. The van der Waals surface area contributed by atoms with Gasteiger partial charge in [-0.1, -0.05) is 36.4 Å². The highest BCUT2D eigenvalue weighted by Crippen LogP contribution is 2.33. The van der Waals surface area contributed by atoms with Crippen molar-refractivity contribution in [1.29, 1.82) is 0 Å². The van der Waals surface area contributed by atoms with Gasteiger partial charge in [0.15, 0.2) is 8.46 Å². The van der Waals surface area contributed by atoms with Crippen LogP contribution < -0.4 is 16.8 Å². The molecule has 0 unspecified atom stereocenters. The van der Waals surface area contributed by atoms with Crippen LogP contribution in [0.25, 0.3) is 22.3 Å². The van der Waals surface area contributed by atoms with Gasteiger partial charge in [0, 0.05) is 16.9 Å². The molecule has 0 radical (unpaired) electrons. The summed E-state index contributed by atoms with van der Waals surface area (Å²) < 4.78 is 11.6. The zero-order valence-corrected chi connectivity index (χ0v) is 12.8. The molecule has 0 amide bonds. The topological polar surface area (TPSA) is 69.1 Å². The second-order valence-corrected chi connectivity index (χ2v) is 5.71. The molecular formula is C18H15N2OP. The first kappa shape index (κ1) is 14.3. The Labute approximate surface area is 130 Å². The van der Waals surface area contributed by atoms with E-state index in [0.29, 0.717) is 11.4 Å². The molecule has 0 fully saturated rings. The molecule has 0 aliphatic carbocycles. The lowest BCUT2D eigenvalue weighted by Crippen LogP contribution is -2.01. The Morgan fingerprint density at radius 1 is 0.727 bits per heavy atom. The van der Waals surface area contributed by atoms with Crippen molar-refractivity contribution in [3.8, 4) is 22.3 Å². The molecule has 108 valence electrons. The fraction of sp³-hybridized carbons (Fsp3) is 0. The Morgan fingerprint density at radius 2 is 1.32 bits per heavy atom. The van der Waals surface area contributed by atoms with Crippen LogP contribution in [-0.4, -0.2) is 0 Å². The smallest absolute Gasteiger partial charge is 0.192 e. The molecule has 4 heteroatoms. The van der Waals surface area contributed by atoms with Crippen LogP contribution in [0.3, 0.4) is 0 Å². The highest BCUT2D eigenvalue weighted by molar-refractivity contribution is 7.34. The normalized spacial score (nSPS) is 10.7. The molecule has 3 rings (SSSR count). The molecule has 0 spiro atoms. The van der Waals surface area contributed by atoms with Crippen molar-refractivity contribution in [2.24, 2.45) is 0 Å². The highest BCUT2D eigenvalue weighted by atomic mass is 31.1. The van der Waals surface area contributed by atoms with Gasteiger partial charge in [-0.3, -0.25) is 4.57 Å². The van der Waals surface area contributed by atoms with Gasteiger partial charge in [-0.25, -0.2) is 0 Å². The third-order valence-corrected chi connectivity index (χ3v) is 4.08. The zero-order chi connectivity index (χ0) is 15.5. The molecule has 0 saturated carbocycles. The largest absolute Gasteiger partial charge is 0.399 e. The number of anilines is 2. The van der Waals surface area contributed by atoms with Crippen molar-refractivity contribution >= 4 is 25.1 Å². The number of benzene rings is 3. The number of nitrogen functional groups attached to an aromatic ring is 2. The van der Waals surface area contributed by atoms with Gasteiger partial charge in [0.2, 0.25) is 0 Å². The van der Waals surface area contributed by atoms with Crippen molar-refractivity contribution in [2.45, 2.75) is 0 Å². The number of nitrogens with two attached hydrogens (primary N) is 2. The Hall–Kier alpha value is -2.64. The summed E-state index contributed by atoms with van der Waals surface area (Å²) in [7, 11) is -0.0226. The average Bonchev–Trinajstić information content (AvgIpc) is 2.54. The summed E-state index contributed by atoms with van der Waals surface area (Å²) in [6.45, 7) is 0. The van der Waals surface area contributed by atoms with Gasteiger partial charge in [-0.05, 0) is 47.0 Å². The SMILES string of the molecule is Nc1cccc(-c2cccc(P=O)c2-c2cccc(N)c2)c1. The van der Waals surface area contributed by atoms with Gasteiger partial charge >= 0.3 is 0 Å². The Morgan fingerprint density at radius 3 is 1.95 bits per heavy atom. The van der Waals surface area contributed by atoms with Crippen LogP contribution in [0.1, 0.15) is 0 Å². The fourth-order valence-electron chi connectivity index (χ4n) is 2.56. The molecule has 0 heterocycles. The van der Waals surface area contributed by atoms with Crippen molar-refractivity contribution in [3.63, 3.8) is 0 Å². The second kappa shape index (κ2) is 6.00. The third kappa shape index (κ3) is 2.72. The first-order chi connectivity index (χ1) is 10.7. The highest BCUT2D eigenvalue weighted by Gasteiger charge is 2.13. The quantitative estimate of drug-likeness (QED) is 0.565. The minimum atomic E-state index is -0.0226. The van der Waals surface area contributed by atoms with E-state index in [1.807, 2.05) is 66.7 Å². The molecule has 3 nitrogen and oxygen atoms in total. The molecule has 0 saturated heterocycles. The minimum absolute atomic E-state index is 0.0226. The van der Waals surface area contributed by atoms with E-state index < -0.39 is 0 Å². The first-order valence-electron chi connectivity index (χ1n) is 6.87. The lowest BCUT2D eigenvalue weighted by Gasteiger charge is -2.13. The monoisotopic (exact) mass is 306 g/mol. The molecule has 0 atom stereocenters. The van der Waals surface area contributed by atoms with Gasteiger partial charge in [0.25, 0.3) is 0 Å². The maximum Gasteiger partial charge on any atom is 0.192 e. The molecule has 3 aromatic rings. The van der Waals surface area contributed by atoms with Gasteiger partial charge < -0.3 is 11.5 Å². The van der Waals surface area contributed by atoms with E-state index in [1.165, 1.54) is 0 Å². The average molecular weight is 306 g/mol. The van der Waals surface area contributed by atoms with Crippen LogP contribution in [-0.2, 0) is 4.57 Å². The minimum Gasteiger partial charge on any atom is -0.399 e. The van der Waals surface area contributed by atoms with Crippen LogP contribution in [0.4, 0.5) is 11.4 Å². The maximum absolute atomic E-state index is 11.6. The van der Waals surface area contributed by atoms with E-state index in [1.54, 1.807) is 0 Å². The summed E-state index contributed by atoms with van der Waals surface area (Å²) in [4.78, 5) is 0. The van der Waals surface area contributed by atoms with Crippen molar-refractivity contribution in [1.82, 2.24) is 0 Å². The zero-order valence-electron chi connectivity index (χ0n) is 11.9. The lowest BCUT2D eigenvalue weighted by atomic mass is 9.94. The Bertz CT molecular complexity index is 846. The van der Waals surface area contributed by atoms with Gasteiger partial charge in [-0.2, -0.15) is 0 Å². The Kier molecular flexibility index (Phi) is 3.90. The van der Waals surface area contributed by atoms with Crippen molar-refractivity contribution in [2.75, 3.05) is 11.5 Å².